The standard InChI is InChI=1S/C48H59N11O8.C2HF3O2/c1-54-39-28-33(13-15-36(39)59(48(54)67)38-17-19-41(61)52-46(38)65)56-26-24-55(25-27-56)22-21-42(62)57-23-20-32-12-16-37(58(32)47(66)34(49)29-57)45(64)51-35(14-18-40(50)60)44(63)53-43(30-8-4-2-5-9-30)31-10-6-3-7-11-31;3-2(4,5)1(6)7/h2-11,13,15,28,32,34-35,37-38,43H,12,14,16-27,29,49H2,1H3,(H2,50,60)(H,51,64)(H,53,63)(H,52,61,65);(H,6,7)/t32-,34+,35+,37+,38?;/m1./s1. The third-order valence-corrected chi connectivity index (χ3v) is 14.0. The fourth-order valence-electron chi connectivity index (χ4n) is 10.0. The highest BCUT2D eigenvalue weighted by Crippen LogP contribution is 2.31. The van der Waals surface area contributed by atoms with Gasteiger partial charge in [-0.2, -0.15) is 13.2 Å². The van der Waals surface area contributed by atoms with Crippen LogP contribution in [0.3, 0.4) is 0 Å². The maximum atomic E-state index is 14.0. The summed E-state index contributed by atoms with van der Waals surface area (Å²) in [4.78, 5) is 122. The van der Waals surface area contributed by atoms with Crippen molar-refractivity contribution >= 4 is 64.0 Å². The number of fused-ring (bicyclic) bond motifs is 2. The number of carboxylic acid groups (broad SMARTS) is 1. The molecule has 4 aromatic rings. The lowest BCUT2D eigenvalue weighted by atomic mass is 9.98. The minimum Gasteiger partial charge on any atom is -0.475 e. The molecule has 1 aromatic heterocycles. The quantitative estimate of drug-likeness (QED) is 0.0965. The van der Waals surface area contributed by atoms with Gasteiger partial charge in [-0.25, -0.2) is 9.59 Å². The van der Waals surface area contributed by atoms with Crippen LogP contribution in [0.4, 0.5) is 18.9 Å². The number of nitrogens with zero attached hydrogens (tertiary/aromatic N) is 6. The highest BCUT2D eigenvalue weighted by atomic mass is 19.4. The summed E-state index contributed by atoms with van der Waals surface area (Å²) in [5.41, 5.74) is 15.6. The molecule has 21 nitrogen and oxygen atoms in total. The van der Waals surface area contributed by atoms with Crippen molar-refractivity contribution in [2.75, 3.05) is 50.7 Å². The van der Waals surface area contributed by atoms with Gasteiger partial charge >= 0.3 is 17.8 Å². The van der Waals surface area contributed by atoms with E-state index in [-0.39, 0.29) is 62.2 Å². The third-order valence-electron chi connectivity index (χ3n) is 14.0. The van der Waals surface area contributed by atoms with Crippen LogP contribution in [0.25, 0.3) is 11.0 Å². The van der Waals surface area contributed by atoms with Gasteiger partial charge in [0.15, 0.2) is 0 Å². The number of rotatable bonds is 14. The number of imidazole rings is 1. The number of benzene rings is 3. The number of halogens is 3. The molecule has 0 radical (unpaired) electrons. The number of imide groups is 1. The third kappa shape index (κ3) is 12.8. The van der Waals surface area contributed by atoms with Crippen molar-refractivity contribution in [2.45, 2.75) is 93.8 Å². The summed E-state index contributed by atoms with van der Waals surface area (Å²) in [6.45, 7) is 3.67. The molecule has 4 aliphatic rings. The van der Waals surface area contributed by atoms with E-state index < -0.39 is 71.9 Å². The number of aromatic nitrogens is 2. The SMILES string of the molecule is Cn1c(=O)n(C2CCC(=O)NC2=O)c2ccc(N3CCN(CCC(=O)N4CC[C@H]5CC[C@@H](C(=O)N[C@@H](CCC(N)=O)C(=O)NC(c6ccccc6)c6ccccc6)N5C(=O)[C@@H](N)C4)CC3)cc21.O=C(O)C(F)(F)F. The second kappa shape index (κ2) is 23.5. The highest BCUT2D eigenvalue weighted by Gasteiger charge is 2.45. The van der Waals surface area contributed by atoms with Crippen LogP contribution in [0.5, 0.6) is 0 Å². The van der Waals surface area contributed by atoms with Gasteiger partial charge in [0, 0.05) is 83.9 Å². The van der Waals surface area contributed by atoms with Crippen molar-refractivity contribution in [1.82, 2.24) is 39.8 Å². The molecule has 5 heterocycles. The molecular weight excluding hydrogens is 972 g/mol. The van der Waals surface area contributed by atoms with Crippen molar-refractivity contribution in [2.24, 2.45) is 18.5 Å². The van der Waals surface area contributed by atoms with Crippen molar-refractivity contribution in [1.29, 1.82) is 0 Å². The zero-order chi connectivity index (χ0) is 53.4. The smallest absolute Gasteiger partial charge is 0.475 e. The van der Waals surface area contributed by atoms with Crippen LogP contribution in [0.1, 0.15) is 74.6 Å². The number of nitrogens with one attached hydrogen (secondary N) is 3. The molecule has 0 bridgehead atoms. The lowest BCUT2D eigenvalue weighted by Crippen LogP contribution is -2.60. The highest BCUT2D eigenvalue weighted by molar-refractivity contribution is 6.00. The number of amides is 7. The Hall–Kier alpha value is -7.60. The predicted octanol–water partition coefficient (Wildman–Crippen LogP) is 1.04. The number of piperazine rings is 1. The molecule has 5 atom stereocenters. The minimum atomic E-state index is -5.08. The topological polar surface area (TPSA) is 285 Å². The molecule has 4 saturated heterocycles. The van der Waals surface area contributed by atoms with Gasteiger partial charge in [-0.1, -0.05) is 60.7 Å². The maximum absolute atomic E-state index is 14.0. The van der Waals surface area contributed by atoms with E-state index >= 15 is 0 Å². The monoisotopic (exact) mass is 1030 g/mol. The van der Waals surface area contributed by atoms with Crippen LogP contribution in [-0.4, -0.2) is 152 Å². The number of hydrogen-bond donors (Lipinski definition) is 6. The molecular formula is C50H60F3N11O10. The molecule has 3 aromatic carbocycles. The summed E-state index contributed by atoms with van der Waals surface area (Å²) in [6.07, 6.45) is -3.28. The number of alkyl halides is 3. The predicted molar refractivity (Wildman–Crippen MR) is 262 cm³/mol. The van der Waals surface area contributed by atoms with E-state index in [1.807, 2.05) is 78.9 Å². The molecule has 4 aliphatic heterocycles. The molecule has 8 N–H and O–H groups in total. The Kier molecular flexibility index (Phi) is 17.2. The molecule has 4 fully saturated rings. The van der Waals surface area contributed by atoms with Crippen molar-refractivity contribution < 1.29 is 56.6 Å². The summed E-state index contributed by atoms with van der Waals surface area (Å²) >= 11 is 0. The first-order chi connectivity index (χ1) is 35.2. The first kappa shape index (κ1) is 54.2. The van der Waals surface area contributed by atoms with E-state index in [1.54, 1.807) is 11.9 Å². The van der Waals surface area contributed by atoms with Gasteiger partial charge in [0.05, 0.1) is 17.1 Å². The Morgan fingerprint density at radius 2 is 1.45 bits per heavy atom. The van der Waals surface area contributed by atoms with Gasteiger partial charge in [0.2, 0.25) is 41.4 Å². The normalized spacial score (nSPS) is 20.9. The first-order valence-corrected chi connectivity index (χ1v) is 24.4. The molecule has 74 heavy (non-hydrogen) atoms. The molecule has 7 amide bonds. The summed E-state index contributed by atoms with van der Waals surface area (Å²) in [5, 5.41) is 15.4. The van der Waals surface area contributed by atoms with Crippen LogP contribution in [0, 0.1) is 0 Å². The van der Waals surface area contributed by atoms with Gasteiger partial charge < -0.3 is 41.9 Å². The number of aliphatic carboxylic acids is 1. The number of piperidine rings is 1. The van der Waals surface area contributed by atoms with E-state index in [4.69, 9.17) is 21.4 Å². The number of anilines is 1. The number of primary amides is 1. The van der Waals surface area contributed by atoms with Crippen LogP contribution in [-0.2, 0) is 45.4 Å². The van der Waals surface area contributed by atoms with Crippen molar-refractivity contribution in [3.8, 4) is 0 Å². The van der Waals surface area contributed by atoms with E-state index in [0.29, 0.717) is 69.6 Å². The Morgan fingerprint density at radius 3 is 2.04 bits per heavy atom. The molecule has 1 unspecified atom stereocenters. The van der Waals surface area contributed by atoms with Crippen molar-refractivity contribution in [3.63, 3.8) is 0 Å². The average molecular weight is 1030 g/mol. The van der Waals surface area contributed by atoms with Gasteiger partial charge in [0.25, 0.3) is 0 Å². The van der Waals surface area contributed by atoms with Gasteiger partial charge in [-0.15, -0.1) is 0 Å². The number of nitrogens with two attached hydrogens (primary N) is 2. The zero-order valence-electron chi connectivity index (χ0n) is 40.7. The van der Waals surface area contributed by atoms with Gasteiger partial charge in [-0.05, 0) is 61.4 Å². The molecule has 8 rings (SSSR count). The minimum absolute atomic E-state index is 0.00323. The molecule has 0 aliphatic carbocycles. The Bertz CT molecular complexity index is 2760. The molecule has 396 valence electrons. The largest absolute Gasteiger partial charge is 0.490 e. The van der Waals surface area contributed by atoms with E-state index in [1.165, 1.54) is 14.0 Å². The number of aryl methyl sites for hydroxylation is 1. The average Bonchev–Trinajstić information content (AvgIpc) is 3.91. The number of hydrogen-bond acceptors (Lipinski definition) is 12. The second-order valence-electron chi connectivity index (χ2n) is 18.8. The number of carboxylic acids is 1. The Balaban J connectivity index is 0.00000107. The second-order valence-corrected chi connectivity index (χ2v) is 18.8. The van der Waals surface area contributed by atoms with Crippen LogP contribution >= 0.6 is 0 Å². The lowest BCUT2D eigenvalue weighted by molar-refractivity contribution is -0.192. The first-order valence-electron chi connectivity index (χ1n) is 24.4. The molecule has 24 heteroatoms. The summed E-state index contributed by atoms with van der Waals surface area (Å²) in [6, 6.07) is 19.9. The molecule has 0 spiro atoms. The molecule has 0 saturated carbocycles. The summed E-state index contributed by atoms with van der Waals surface area (Å²) in [5.74, 6) is -5.76. The fraction of sp³-hybridized carbons (Fsp3) is 0.460. The maximum Gasteiger partial charge on any atom is 0.490 e. The number of carbonyl (C=O) groups excluding carboxylic acids is 7. The summed E-state index contributed by atoms with van der Waals surface area (Å²) < 4.78 is 34.7. The van der Waals surface area contributed by atoms with E-state index in [2.05, 4.69) is 25.8 Å². The summed E-state index contributed by atoms with van der Waals surface area (Å²) in [7, 11) is 1.67. The van der Waals surface area contributed by atoms with E-state index in [0.717, 1.165) is 16.8 Å². The zero-order valence-corrected chi connectivity index (χ0v) is 40.7. The van der Waals surface area contributed by atoms with Gasteiger partial charge in [0.1, 0.15) is 24.2 Å². The van der Waals surface area contributed by atoms with Crippen LogP contribution in [0.15, 0.2) is 83.7 Å². The van der Waals surface area contributed by atoms with Gasteiger partial charge in [-0.3, -0.25) is 52.9 Å². The fourth-order valence-corrected chi connectivity index (χ4v) is 10.0. The Morgan fingerprint density at radius 1 is 0.811 bits per heavy atom. The number of carbonyl (C=O) groups is 8. The Labute approximate surface area is 422 Å². The van der Waals surface area contributed by atoms with Crippen LogP contribution < -0.4 is 38.0 Å². The van der Waals surface area contributed by atoms with Crippen molar-refractivity contribution in [3.05, 3.63) is 100 Å². The van der Waals surface area contributed by atoms with Crippen LogP contribution in [0.2, 0.25) is 0 Å². The van der Waals surface area contributed by atoms with E-state index in [9.17, 15) is 51.5 Å². The lowest BCUT2D eigenvalue weighted by Gasteiger charge is -2.38.